The number of rotatable bonds is 3. The van der Waals surface area contributed by atoms with Gasteiger partial charge in [-0.2, -0.15) is 0 Å². The van der Waals surface area contributed by atoms with Gasteiger partial charge < -0.3 is 9.47 Å². The van der Waals surface area contributed by atoms with Gasteiger partial charge in [0.25, 0.3) is 0 Å². The molecule has 0 aliphatic carbocycles. The van der Waals surface area contributed by atoms with E-state index in [9.17, 15) is 0 Å². The molecule has 1 aromatic rings. The number of hydrogen-bond acceptors (Lipinski definition) is 2. The van der Waals surface area contributed by atoms with Crippen molar-refractivity contribution in [1.82, 2.24) is 0 Å². The molecule has 0 radical (unpaired) electrons. The van der Waals surface area contributed by atoms with E-state index in [1.54, 1.807) is 13.2 Å². The summed E-state index contributed by atoms with van der Waals surface area (Å²) in [5.74, 6) is 1.03. The van der Waals surface area contributed by atoms with Gasteiger partial charge in [0.1, 0.15) is 5.75 Å². The van der Waals surface area contributed by atoms with Crippen molar-refractivity contribution in [3.63, 3.8) is 0 Å². The molecule has 0 saturated carbocycles. The lowest BCUT2D eigenvalue weighted by Gasteiger charge is -2.27. The maximum atomic E-state index is 6.28. The van der Waals surface area contributed by atoms with Gasteiger partial charge in [-0.1, -0.05) is 39.1 Å². The fourth-order valence-electron chi connectivity index (χ4n) is 2.16. The van der Waals surface area contributed by atoms with Crippen LogP contribution in [0.1, 0.15) is 23.2 Å². The van der Waals surface area contributed by atoms with Gasteiger partial charge in [-0.3, -0.25) is 0 Å². The molecule has 0 N–H and O–H groups in total. The lowest BCUT2D eigenvalue weighted by atomic mass is 9.94. The van der Waals surface area contributed by atoms with E-state index in [0.29, 0.717) is 21.7 Å². The zero-order chi connectivity index (χ0) is 13.1. The molecule has 0 spiro atoms. The third-order valence-electron chi connectivity index (χ3n) is 3.18. The summed E-state index contributed by atoms with van der Waals surface area (Å²) in [6, 6.07) is 3.63. The number of benzene rings is 1. The Bertz CT molecular complexity index is 420. The minimum atomic E-state index is 0.161. The van der Waals surface area contributed by atoms with E-state index in [-0.39, 0.29) is 4.83 Å². The second-order valence-electron chi connectivity index (χ2n) is 4.39. The third-order valence-corrected chi connectivity index (χ3v) is 5.04. The lowest BCUT2D eigenvalue weighted by Crippen LogP contribution is -2.21. The predicted octanol–water partition coefficient (Wildman–Crippen LogP) is 4.86. The Kier molecular flexibility index (Phi) is 5.19. The molecule has 18 heavy (non-hydrogen) atoms. The second kappa shape index (κ2) is 6.47. The molecule has 1 fully saturated rings. The highest BCUT2D eigenvalue weighted by atomic mass is 79.9. The van der Waals surface area contributed by atoms with Gasteiger partial charge in [-0.25, -0.2) is 0 Å². The first-order valence-corrected chi connectivity index (χ1v) is 7.55. The maximum Gasteiger partial charge on any atom is 0.138 e. The van der Waals surface area contributed by atoms with Crippen LogP contribution >= 0.6 is 39.1 Å². The van der Waals surface area contributed by atoms with Gasteiger partial charge in [-0.05, 0) is 30.4 Å². The molecule has 2 nitrogen and oxygen atoms in total. The first-order chi connectivity index (χ1) is 8.63. The molecule has 100 valence electrons. The highest BCUT2D eigenvalue weighted by Crippen LogP contribution is 2.42. The summed E-state index contributed by atoms with van der Waals surface area (Å²) in [6.45, 7) is 1.61. The van der Waals surface area contributed by atoms with Crippen LogP contribution in [0.15, 0.2) is 12.1 Å². The third kappa shape index (κ3) is 3.13. The highest BCUT2D eigenvalue weighted by molar-refractivity contribution is 9.09. The summed E-state index contributed by atoms with van der Waals surface area (Å²) < 4.78 is 10.7. The molecule has 1 aliphatic rings. The largest absolute Gasteiger partial charge is 0.495 e. The standard InChI is InChI=1S/C13H15BrCl2O2/c1-17-12-6-10(15)9(5-11(12)16)13(14)8-3-2-4-18-7-8/h5-6,8,13H,2-4,7H2,1H3. The number of methoxy groups -OCH3 is 1. The van der Waals surface area contributed by atoms with Crippen LogP contribution in [0, 0.1) is 5.92 Å². The number of ether oxygens (including phenoxy) is 2. The van der Waals surface area contributed by atoms with Crippen LogP contribution in [-0.4, -0.2) is 20.3 Å². The fraction of sp³-hybridized carbons (Fsp3) is 0.538. The van der Waals surface area contributed by atoms with E-state index < -0.39 is 0 Å². The molecule has 0 aromatic heterocycles. The Morgan fingerprint density at radius 1 is 1.39 bits per heavy atom. The fourth-order valence-corrected chi connectivity index (χ4v) is 3.61. The van der Waals surface area contributed by atoms with Crippen molar-refractivity contribution in [2.45, 2.75) is 17.7 Å². The van der Waals surface area contributed by atoms with Crippen molar-refractivity contribution >= 4 is 39.1 Å². The maximum absolute atomic E-state index is 6.28. The Morgan fingerprint density at radius 2 is 2.17 bits per heavy atom. The van der Waals surface area contributed by atoms with E-state index in [0.717, 1.165) is 31.6 Å². The average Bonchev–Trinajstić information content (AvgIpc) is 2.41. The molecule has 0 bridgehead atoms. The van der Waals surface area contributed by atoms with Crippen LogP contribution in [0.5, 0.6) is 5.75 Å². The van der Waals surface area contributed by atoms with Crippen LogP contribution in [0.4, 0.5) is 0 Å². The van der Waals surface area contributed by atoms with E-state index >= 15 is 0 Å². The van der Waals surface area contributed by atoms with Crippen LogP contribution < -0.4 is 4.74 Å². The normalized spacial score (nSPS) is 21.7. The van der Waals surface area contributed by atoms with Gasteiger partial charge in [0.15, 0.2) is 0 Å². The van der Waals surface area contributed by atoms with Gasteiger partial charge >= 0.3 is 0 Å². The molecule has 5 heteroatoms. The Hall–Kier alpha value is 0.0400. The molecule has 1 heterocycles. The van der Waals surface area contributed by atoms with Gasteiger partial charge in [-0.15, -0.1) is 0 Å². The van der Waals surface area contributed by atoms with Gasteiger partial charge in [0.2, 0.25) is 0 Å². The van der Waals surface area contributed by atoms with Crippen molar-refractivity contribution in [3.05, 3.63) is 27.7 Å². The number of hydrogen-bond donors (Lipinski definition) is 0. The summed E-state index contributed by atoms with van der Waals surface area (Å²) in [4.78, 5) is 0.161. The van der Waals surface area contributed by atoms with Crippen molar-refractivity contribution in [1.29, 1.82) is 0 Å². The quantitative estimate of drug-likeness (QED) is 0.722. The van der Waals surface area contributed by atoms with Gasteiger partial charge in [0.05, 0.1) is 18.7 Å². The Balaban J connectivity index is 2.23. The lowest BCUT2D eigenvalue weighted by molar-refractivity contribution is 0.0546. The first-order valence-electron chi connectivity index (χ1n) is 5.88. The van der Waals surface area contributed by atoms with Crippen molar-refractivity contribution in [2.24, 2.45) is 5.92 Å². The molecule has 2 rings (SSSR count). The van der Waals surface area contributed by atoms with E-state index in [4.69, 9.17) is 32.7 Å². The molecule has 2 unspecified atom stereocenters. The molecule has 1 saturated heterocycles. The summed E-state index contributed by atoms with van der Waals surface area (Å²) >= 11 is 16.1. The zero-order valence-electron chi connectivity index (χ0n) is 10.1. The number of halogens is 3. The number of alkyl halides is 1. The van der Waals surface area contributed by atoms with E-state index in [1.165, 1.54) is 0 Å². The van der Waals surface area contributed by atoms with Gasteiger partial charge in [0, 0.05) is 22.5 Å². The molecule has 1 aromatic carbocycles. The zero-order valence-corrected chi connectivity index (χ0v) is 13.2. The topological polar surface area (TPSA) is 18.5 Å². The van der Waals surface area contributed by atoms with E-state index in [1.807, 2.05) is 6.07 Å². The smallest absolute Gasteiger partial charge is 0.138 e. The highest BCUT2D eigenvalue weighted by Gasteiger charge is 2.26. The van der Waals surface area contributed by atoms with Crippen LogP contribution in [0.25, 0.3) is 0 Å². The minimum Gasteiger partial charge on any atom is -0.495 e. The molecular weight excluding hydrogens is 339 g/mol. The monoisotopic (exact) mass is 352 g/mol. The molecule has 1 aliphatic heterocycles. The SMILES string of the molecule is COc1cc(Cl)c(C(Br)C2CCCOC2)cc1Cl. The van der Waals surface area contributed by atoms with Crippen LogP contribution in [-0.2, 0) is 4.74 Å². The molecular formula is C13H15BrCl2O2. The summed E-state index contributed by atoms with van der Waals surface area (Å²) in [6.07, 6.45) is 2.23. The minimum absolute atomic E-state index is 0.161. The van der Waals surface area contributed by atoms with Crippen molar-refractivity contribution in [2.75, 3.05) is 20.3 Å². The Morgan fingerprint density at radius 3 is 2.78 bits per heavy atom. The van der Waals surface area contributed by atoms with Crippen LogP contribution in [0.3, 0.4) is 0 Å². The second-order valence-corrected chi connectivity index (χ2v) is 6.19. The summed E-state index contributed by atoms with van der Waals surface area (Å²) in [5, 5.41) is 1.25. The van der Waals surface area contributed by atoms with Crippen LogP contribution in [0.2, 0.25) is 10.0 Å². The predicted molar refractivity (Wildman–Crippen MR) is 78.2 cm³/mol. The molecule has 0 amide bonds. The van der Waals surface area contributed by atoms with Crippen molar-refractivity contribution in [3.8, 4) is 5.75 Å². The Labute approximate surface area is 126 Å². The van der Waals surface area contributed by atoms with Crippen molar-refractivity contribution < 1.29 is 9.47 Å². The average molecular weight is 354 g/mol. The van der Waals surface area contributed by atoms with E-state index in [2.05, 4.69) is 15.9 Å². The first kappa shape index (κ1) is 14.4. The summed E-state index contributed by atoms with van der Waals surface area (Å²) in [7, 11) is 1.58. The molecule has 2 atom stereocenters. The summed E-state index contributed by atoms with van der Waals surface area (Å²) in [5.41, 5.74) is 0.998.